The number of anilines is 2. The number of benzene rings is 4. The summed E-state index contributed by atoms with van der Waals surface area (Å²) in [5.74, 6) is 0.0907. The van der Waals surface area contributed by atoms with Gasteiger partial charge in [-0.25, -0.2) is 0 Å². The van der Waals surface area contributed by atoms with Crippen LogP contribution in [0.3, 0.4) is 0 Å². The third-order valence-electron chi connectivity index (χ3n) is 6.81. The van der Waals surface area contributed by atoms with Crippen LogP contribution in [0.5, 0.6) is 17.2 Å². The van der Waals surface area contributed by atoms with E-state index in [1.54, 1.807) is 54.6 Å². The second kappa shape index (κ2) is 15.7. The number of ether oxygens (including phenoxy) is 3. The Kier molecular flexibility index (Phi) is 11.5. The van der Waals surface area contributed by atoms with Crippen molar-refractivity contribution < 1.29 is 28.6 Å². The van der Waals surface area contributed by atoms with Crippen LogP contribution in [0, 0.1) is 13.8 Å². The van der Waals surface area contributed by atoms with E-state index in [1.165, 1.54) is 39.2 Å². The van der Waals surface area contributed by atoms with E-state index in [0.717, 1.165) is 21.7 Å². The molecule has 0 saturated carbocycles. The van der Waals surface area contributed by atoms with E-state index in [9.17, 15) is 14.4 Å². The molecule has 0 fully saturated rings. The standard InChI is InChI=1S/C36H37N3O6S/c1-22-16-23(2)18-28(17-22)38-34(40)24(3)46-29-14-12-27(13-15-29)37-36(42)30(39-35(41)26-10-8-7-9-11-26)19-25-20-31(43-4)33(45-6)32(21-25)44-5/h7-21,24H,1-6H3,(H,37,42)(H,38,40)(H,39,41)/b30-19-. The number of rotatable bonds is 12. The lowest BCUT2D eigenvalue weighted by molar-refractivity contribution is -0.115. The quantitative estimate of drug-likeness (QED) is 0.115. The maximum atomic E-state index is 13.5. The highest BCUT2D eigenvalue weighted by Gasteiger charge is 2.19. The molecule has 4 aromatic carbocycles. The lowest BCUT2D eigenvalue weighted by Crippen LogP contribution is -2.30. The van der Waals surface area contributed by atoms with E-state index in [2.05, 4.69) is 22.0 Å². The SMILES string of the molecule is COc1cc(/C=C(\NC(=O)c2ccccc2)C(=O)Nc2ccc(SC(C)C(=O)Nc3cc(C)cc(C)c3)cc2)cc(OC)c1OC. The average Bonchev–Trinajstić information content (AvgIpc) is 3.04. The van der Waals surface area contributed by atoms with E-state index in [1.807, 2.05) is 45.0 Å². The first-order chi connectivity index (χ1) is 22.1. The zero-order valence-electron chi connectivity index (χ0n) is 26.6. The van der Waals surface area contributed by atoms with Crippen LogP contribution in [0.1, 0.15) is 34.0 Å². The summed E-state index contributed by atoms with van der Waals surface area (Å²) in [5.41, 5.74) is 4.35. The average molecular weight is 640 g/mol. The number of aryl methyl sites for hydroxylation is 2. The predicted octanol–water partition coefficient (Wildman–Crippen LogP) is 6.86. The van der Waals surface area contributed by atoms with Gasteiger partial charge < -0.3 is 30.2 Å². The molecule has 0 spiro atoms. The Hall–Kier alpha value is -5.22. The third kappa shape index (κ3) is 8.92. The normalized spacial score (nSPS) is 11.7. The van der Waals surface area contributed by atoms with Gasteiger partial charge in [0.05, 0.1) is 26.6 Å². The van der Waals surface area contributed by atoms with E-state index in [-0.39, 0.29) is 16.9 Å². The van der Waals surface area contributed by atoms with E-state index in [0.29, 0.717) is 34.1 Å². The largest absolute Gasteiger partial charge is 0.493 e. The molecule has 3 amide bonds. The zero-order valence-corrected chi connectivity index (χ0v) is 27.4. The van der Waals surface area contributed by atoms with Crippen molar-refractivity contribution in [2.75, 3.05) is 32.0 Å². The van der Waals surface area contributed by atoms with E-state index >= 15 is 0 Å². The Bertz CT molecular complexity index is 1690. The maximum Gasteiger partial charge on any atom is 0.272 e. The van der Waals surface area contributed by atoms with Gasteiger partial charge in [0, 0.05) is 21.8 Å². The van der Waals surface area contributed by atoms with Crippen LogP contribution in [0.2, 0.25) is 0 Å². The van der Waals surface area contributed by atoms with Gasteiger partial charge in [0.2, 0.25) is 11.7 Å². The predicted molar refractivity (Wildman–Crippen MR) is 183 cm³/mol. The highest BCUT2D eigenvalue weighted by molar-refractivity contribution is 8.00. The van der Waals surface area contributed by atoms with Crippen molar-refractivity contribution >= 4 is 46.9 Å². The van der Waals surface area contributed by atoms with Gasteiger partial charge in [-0.2, -0.15) is 0 Å². The molecule has 0 heterocycles. The number of hydrogen-bond donors (Lipinski definition) is 3. The lowest BCUT2D eigenvalue weighted by Gasteiger charge is -2.15. The number of carbonyl (C=O) groups excluding carboxylic acids is 3. The van der Waals surface area contributed by atoms with Crippen LogP contribution in [0.4, 0.5) is 11.4 Å². The van der Waals surface area contributed by atoms with Gasteiger partial charge in [-0.1, -0.05) is 24.3 Å². The summed E-state index contributed by atoms with van der Waals surface area (Å²) in [5, 5.41) is 8.20. The lowest BCUT2D eigenvalue weighted by atomic mass is 10.1. The van der Waals surface area contributed by atoms with Crippen LogP contribution >= 0.6 is 11.8 Å². The van der Waals surface area contributed by atoms with Crippen molar-refractivity contribution in [1.82, 2.24) is 5.32 Å². The number of hydrogen-bond acceptors (Lipinski definition) is 7. The van der Waals surface area contributed by atoms with Crippen molar-refractivity contribution in [1.29, 1.82) is 0 Å². The summed E-state index contributed by atoms with van der Waals surface area (Å²) < 4.78 is 16.3. The van der Waals surface area contributed by atoms with Gasteiger partial charge >= 0.3 is 0 Å². The molecular weight excluding hydrogens is 602 g/mol. The first-order valence-corrected chi connectivity index (χ1v) is 15.3. The first kappa shape index (κ1) is 33.7. The van der Waals surface area contributed by atoms with E-state index in [4.69, 9.17) is 14.2 Å². The molecule has 0 radical (unpaired) electrons. The molecule has 0 aromatic heterocycles. The minimum Gasteiger partial charge on any atom is -0.493 e. The number of methoxy groups -OCH3 is 3. The van der Waals surface area contributed by atoms with Gasteiger partial charge in [0.15, 0.2) is 11.5 Å². The second-order valence-electron chi connectivity index (χ2n) is 10.4. The van der Waals surface area contributed by atoms with Crippen molar-refractivity contribution in [2.45, 2.75) is 30.9 Å². The molecule has 9 nitrogen and oxygen atoms in total. The topological polar surface area (TPSA) is 115 Å². The number of amides is 3. The van der Waals surface area contributed by atoms with E-state index < -0.39 is 11.8 Å². The van der Waals surface area contributed by atoms with Gasteiger partial charge in [0.25, 0.3) is 11.8 Å². The molecule has 0 aliphatic carbocycles. The molecule has 0 saturated heterocycles. The highest BCUT2D eigenvalue weighted by atomic mass is 32.2. The number of thioether (sulfide) groups is 1. The molecule has 10 heteroatoms. The molecule has 4 rings (SSSR count). The molecule has 1 atom stereocenters. The van der Waals surface area contributed by atoms with Gasteiger partial charge in [-0.15, -0.1) is 11.8 Å². The Morgan fingerprint density at radius 1 is 0.739 bits per heavy atom. The fourth-order valence-electron chi connectivity index (χ4n) is 4.66. The first-order valence-electron chi connectivity index (χ1n) is 14.5. The summed E-state index contributed by atoms with van der Waals surface area (Å²) in [6.07, 6.45) is 1.53. The highest BCUT2D eigenvalue weighted by Crippen LogP contribution is 2.38. The van der Waals surface area contributed by atoms with Crippen molar-refractivity contribution in [3.63, 3.8) is 0 Å². The Balaban J connectivity index is 1.51. The number of carbonyl (C=O) groups is 3. The molecule has 0 bridgehead atoms. The molecule has 1 unspecified atom stereocenters. The summed E-state index contributed by atoms with van der Waals surface area (Å²) in [4.78, 5) is 40.3. The van der Waals surface area contributed by atoms with Crippen LogP contribution in [0.25, 0.3) is 6.08 Å². The summed E-state index contributed by atoms with van der Waals surface area (Å²) in [6, 6.07) is 25.0. The van der Waals surface area contributed by atoms with Gasteiger partial charge in [0.1, 0.15) is 5.70 Å². The van der Waals surface area contributed by atoms with Crippen LogP contribution in [-0.4, -0.2) is 44.3 Å². The molecule has 0 aliphatic rings. The molecule has 46 heavy (non-hydrogen) atoms. The van der Waals surface area contributed by atoms with Crippen LogP contribution < -0.4 is 30.2 Å². The summed E-state index contributed by atoms with van der Waals surface area (Å²) in [6.45, 7) is 5.82. The monoisotopic (exact) mass is 639 g/mol. The molecular formula is C36H37N3O6S. The minimum absolute atomic E-state index is 0.00161. The Labute approximate surface area is 273 Å². The number of nitrogens with one attached hydrogen (secondary N) is 3. The Morgan fingerprint density at radius 2 is 1.35 bits per heavy atom. The van der Waals surface area contributed by atoms with Crippen molar-refractivity contribution in [2.24, 2.45) is 0 Å². The summed E-state index contributed by atoms with van der Waals surface area (Å²) >= 11 is 1.40. The van der Waals surface area contributed by atoms with Crippen LogP contribution in [-0.2, 0) is 9.59 Å². The third-order valence-corrected chi connectivity index (χ3v) is 7.92. The fourth-order valence-corrected chi connectivity index (χ4v) is 5.52. The summed E-state index contributed by atoms with van der Waals surface area (Å²) in [7, 11) is 4.49. The molecule has 3 N–H and O–H groups in total. The zero-order chi connectivity index (χ0) is 33.2. The smallest absolute Gasteiger partial charge is 0.272 e. The van der Waals surface area contributed by atoms with Crippen molar-refractivity contribution in [3.05, 3.63) is 113 Å². The maximum absolute atomic E-state index is 13.5. The fraction of sp³-hybridized carbons (Fsp3) is 0.194. The molecule has 238 valence electrons. The van der Waals surface area contributed by atoms with Crippen molar-refractivity contribution in [3.8, 4) is 17.2 Å². The van der Waals surface area contributed by atoms with Gasteiger partial charge in [-0.05, 0) is 104 Å². The molecule has 0 aliphatic heterocycles. The van der Waals surface area contributed by atoms with Gasteiger partial charge in [-0.3, -0.25) is 14.4 Å². The van der Waals surface area contributed by atoms with Crippen LogP contribution in [0.15, 0.2) is 95.5 Å². The molecule has 4 aromatic rings. The Morgan fingerprint density at radius 3 is 1.91 bits per heavy atom. The minimum atomic E-state index is -0.542. The second-order valence-corrected chi connectivity index (χ2v) is 11.9.